The number of methoxy groups -OCH3 is 2. The maximum Gasteiger partial charge on any atom is 0.157 e. The van der Waals surface area contributed by atoms with Gasteiger partial charge in [0, 0.05) is 50.4 Å². The van der Waals surface area contributed by atoms with Crippen molar-refractivity contribution in [1.82, 2.24) is 23.9 Å². The molecule has 5 aromatic rings. The van der Waals surface area contributed by atoms with E-state index in [0.29, 0.717) is 6.61 Å². The SMILES string of the molecule is COCCN(C)c1cnc2cnc3[nH]c(-c4cn(C)c5ccc(OC)cc45)cc3n12. The highest BCUT2D eigenvalue weighted by molar-refractivity contribution is 5.98. The molecule has 5 rings (SSSR count). The lowest BCUT2D eigenvalue weighted by Gasteiger charge is -2.17. The predicted molar refractivity (Wildman–Crippen MR) is 118 cm³/mol. The summed E-state index contributed by atoms with van der Waals surface area (Å²) < 4.78 is 14.9. The molecule has 0 saturated heterocycles. The van der Waals surface area contributed by atoms with Crippen molar-refractivity contribution in [2.45, 2.75) is 0 Å². The van der Waals surface area contributed by atoms with E-state index in [-0.39, 0.29) is 0 Å². The second-order valence-corrected chi connectivity index (χ2v) is 7.44. The second-order valence-electron chi connectivity index (χ2n) is 7.44. The Bertz CT molecular complexity index is 1360. The third-order valence-electron chi connectivity index (χ3n) is 5.61. The van der Waals surface area contributed by atoms with Crippen molar-refractivity contribution in [1.29, 1.82) is 0 Å². The van der Waals surface area contributed by atoms with E-state index >= 15 is 0 Å². The Morgan fingerprint density at radius 2 is 1.97 bits per heavy atom. The van der Waals surface area contributed by atoms with Crippen LogP contribution in [-0.2, 0) is 11.8 Å². The average Bonchev–Trinajstić information content (AvgIpc) is 3.46. The maximum absolute atomic E-state index is 5.44. The zero-order valence-corrected chi connectivity index (χ0v) is 17.5. The fraction of sp³-hybridized carbons (Fsp3) is 0.273. The average molecular weight is 404 g/mol. The molecule has 1 N–H and O–H groups in total. The summed E-state index contributed by atoms with van der Waals surface area (Å²) >= 11 is 0. The molecule has 0 unspecified atom stereocenters. The molecule has 0 amide bonds. The zero-order chi connectivity index (χ0) is 20.8. The van der Waals surface area contributed by atoms with Gasteiger partial charge < -0.3 is 23.9 Å². The van der Waals surface area contributed by atoms with E-state index in [1.165, 1.54) is 0 Å². The van der Waals surface area contributed by atoms with Crippen molar-refractivity contribution >= 4 is 33.5 Å². The lowest BCUT2D eigenvalue weighted by molar-refractivity contribution is 0.206. The Morgan fingerprint density at radius 1 is 1.10 bits per heavy atom. The number of benzene rings is 1. The molecule has 0 radical (unpaired) electrons. The van der Waals surface area contributed by atoms with E-state index in [1.807, 2.05) is 19.3 Å². The van der Waals surface area contributed by atoms with Crippen LogP contribution < -0.4 is 9.64 Å². The van der Waals surface area contributed by atoms with Crippen molar-refractivity contribution in [2.24, 2.45) is 7.05 Å². The Labute approximate surface area is 173 Å². The number of ether oxygens (including phenoxy) is 2. The molecule has 154 valence electrons. The van der Waals surface area contributed by atoms with E-state index in [4.69, 9.17) is 9.47 Å². The van der Waals surface area contributed by atoms with Gasteiger partial charge in [0.15, 0.2) is 11.3 Å². The number of nitrogens with one attached hydrogen (secondary N) is 1. The monoisotopic (exact) mass is 404 g/mol. The second kappa shape index (κ2) is 7.07. The van der Waals surface area contributed by atoms with Crippen LogP contribution in [-0.4, -0.2) is 58.3 Å². The fourth-order valence-corrected chi connectivity index (χ4v) is 3.99. The van der Waals surface area contributed by atoms with Crippen LogP contribution in [0.1, 0.15) is 0 Å². The largest absolute Gasteiger partial charge is 0.497 e. The summed E-state index contributed by atoms with van der Waals surface area (Å²) in [6.45, 7) is 1.42. The minimum atomic E-state index is 0.647. The van der Waals surface area contributed by atoms with E-state index in [9.17, 15) is 0 Å². The molecule has 0 fully saturated rings. The topological polar surface area (TPSA) is 72.6 Å². The molecule has 8 nitrogen and oxygen atoms in total. The van der Waals surface area contributed by atoms with E-state index in [2.05, 4.69) is 60.3 Å². The molecule has 4 aromatic heterocycles. The summed E-state index contributed by atoms with van der Waals surface area (Å²) in [6.07, 6.45) is 5.80. The number of nitrogens with zero attached hydrogens (tertiary/aromatic N) is 5. The van der Waals surface area contributed by atoms with Crippen molar-refractivity contribution in [3.8, 4) is 17.0 Å². The molecule has 0 aliphatic rings. The molecule has 30 heavy (non-hydrogen) atoms. The Kier molecular flexibility index (Phi) is 4.36. The van der Waals surface area contributed by atoms with Gasteiger partial charge >= 0.3 is 0 Å². The summed E-state index contributed by atoms with van der Waals surface area (Å²) in [5, 5.41) is 1.13. The molecule has 0 bridgehead atoms. The Balaban J connectivity index is 1.70. The van der Waals surface area contributed by atoms with Crippen LogP contribution in [0.3, 0.4) is 0 Å². The molecular formula is C22H24N6O2. The van der Waals surface area contributed by atoms with Crippen LogP contribution in [0.4, 0.5) is 5.82 Å². The summed E-state index contributed by atoms with van der Waals surface area (Å²) in [4.78, 5) is 14.8. The molecule has 1 aromatic carbocycles. The number of hydrogen-bond acceptors (Lipinski definition) is 5. The number of rotatable bonds is 6. The Hall–Kier alpha value is -3.52. The van der Waals surface area contributed by atoms with E-state index in [0.717, 1.165) is 57.1 Å². The van der Waals surface area contributed by atoms with Crippen LogP contribution in [0, 0.1) is 0 Å². The molecule has 8 heteroatoms. The van der Waals surface area contributed by atoms with Gasteiger partial charge in [0.05, 0.1) is 37.3 Å². The molecule has 4 heterocycles. The lowest BCUT2D eigenvalue weighted by Crippen LogP contribution is -2.23. The molecule has 0 spiro atoms. The van der Waals surface area contributed by atoms with Crippen molar-refractivity contribution in [3.05, 3.63) is 42.9 Å². The van der Waals surface area contributed by atoms with Crippen LogP contribution >= 0.6 is 0 Å². The third-order valence-corrected chi connectivity index (χ3v) is 5.61. The number of likely N-dealkylation sites (N-methyl/N-ethyl adjacent to an activating group) is 1. The normalized spacial score (nSPS) is 11.7. The highest BCUT2D eigenvalue weighted by Gasteiger charge is 2.16. The summed E-state index contributed by atoms with van der Waals surface area (Å²) in [6, 6.07) is 8.27. The minimum absolute atomic E-state index is 0.647. The van der Waals surface area contributed by atoms with Gasteiger partial charge in [-0.2, -0.15) is 0 Å². The van der Waals surface area contributed by atoms with Gasteiger partial charge in [0.1, 0.15) is 11.6 Å². The van der Waals surface area contributed by atoms with E-state index in [1.54, 1.807) is 20.4 Å². The van der Waals surface area contributed by atoms with Crippen LogP contribution in [0.5, 0.6) is 5.75 Å². The standard InChI is InChI=1S/C22H24N6O2/c1-26(7-8-29-3)21-12-23-20-11-24-22-19(28(20)21)10-17(25-22)16-13-27(2)18-6-5-14(30-4)9-15(16)18/h5-6,9-13,25H,7-8H2,1-4H3. The number of aryl methyl sites for hydroxylation is 1. The summed E-state index contributed by atoms with van der Waals surface area (Å²) in [5.74, 6) is 1.84. The maximum atomic E-state index is 5.44. The van der Waals surface area contributed by atoms with Gasteiger partial charge in [0.25, 0.3) is 0 Å². The number of anilines is 1. The first kappa shape index (κ1) is 18.5. The van der Waals surface area contributed by atoms with Crippen LogP contribution in [0.25, 0.3) is 39.0 Å². The highest BCUT2D eigenvalue weighted by Crippen LogP contribution is 2.34. The number of aromatic nitrogens is 5. The van der Waals surface area contributed by atoms with Crippen LogP contribution in [0.2, 0.25) is 0 Å². The molecule has 0 atom stereocenters. The highest BCUT2D eigenvalue weighted by atomic mass is 16.5. The number of aromatic amines is 1. The van der Waals surface area contributed by atoms with E-state index < -0.39 is 0 Å². The number of hydrogen-bond donors (Lipinski definition) is 1. The number of imidazole rings is 1. The quantitative estimate of drug-likeness (QED) is 0.469. The summed E-state index contributed by atoms with van der Waals surface area (Å²) in [7, 11) is 7.49. The zero-order valence-electron chi connectivity index (χ0n) is 17.5. The first-order valence-electron chi connectivity index (χ1n) is 9.79. The van der Waals surface area contributed by atoms with Crippen molar-refractivity contribution in [2.75, 3.05) is 39.3 Å². The van der Waals surface area contributed by atoms with Crippen molar-refractivity contribution < 1.29 is 9.47 Å². The van der Waals surface area contributed by atoms with Gasteiger partial charge in [-0.15, -0.1) is 0 Å². The third kappa shape index (κ3) is 2.80. The molecular weight excluding hydrogens is 380 g/mol. The number of fused-ring (bicyclic) bond motifs is 4. The first-order valence-corrected chi connectivity index (χ1v) is 9.79. The van der Waals surface area contributed by atoms with Gasteiger partial charge in [-0.25, -0.2) is 9.97 Å². The van der Waals surface area contributed by atoms with Gasteiger partial charge in [-0.1, -0.05) is 0 Å². The fourth-order valence-electron chi connectivity index (χ4n) is 3.99. The molecule has 0 aliphatic heterocycles. The van der Waals surface area contributed by atoms with Gasteiger partial charge in [0.2, 0.25) is 0 Å². The predicted octanol–water partition coefficient (Wildman–Crippen LogP) is 3.46. The smallest absolute Gasteiger partial charge is 0.157 e. The first-order chi connectivity index (χ1) is 14.6. The van der Waals surface area contributed by atoms with Gasteiger partial charge in [-0.3, -0.25) is 4.40 Å². The van der Waals surface area contributed by atoms with Gasteiger partial charge in [-0.05, 0) is 24.3 Å². The number of H-pyrrole nitrogens is 1. The van der Waals surface area contributed by atoms with Crippen molar-refractivity contribution in [3.63, 3.8) is 0 Å². The Morgan fingerprint density at radius 3 is 2.77 bits per heavy atom. The molecule has 0 aliphatic carbocycles. The summed E-state index contributed by atoms with van der Waals surface area (Å²) in [5.41, 5.74) is 5.86. The molecule has 0 saturated carbocycles. The lowest BCUT2D eigenvalue weighted by atomic mass is 10.1. The van der Waals surface area contributed by atoms with Crippen LogP contribution in [0.15, 0.2) is 42.9 Å². The minimum Gasteiger partial charge on any atom is -0.497 e.